The summed E-state index contributed by atoms with van der Waals surface area (Å²) in [4.78, 5) is 13.7. The Morgan fingerprint density at radius 1 is 1.33 bits per heavy atom. The molecule has 0 spiro atoms. The summed E-state index contributed by atoms with van der Waals surface area (Å²) < 4.78 is 28.3. The van der Waals surface area contributed by atoms with Crippen molar-refractivity contribution in [3.63, 3.8) is 0 Å². The Balaban J connectivity index is 1.65. The van der Waals surface area contributed by atoms with E-state index >= 15 is 0 Å². The molecule has 0 unspecified atom stereocenters. The largest absolute Gasteiger partial charge is 0.490 e. The fraction of sp³-hybridized carbons (Fsp3) is 0.500. The number of amides is 2. The Hall–Kier alpha value is -1.76. The van der Waals surface area contributed by atoms with Crippen molar-refractivity contribution in [2.24, 2.45) is 0 Å². The highest BCUT2D eigenvalue weighted by atomic mass is 32.2. The van der Waals surface area contributed by atoms with Gasteiger partial charge in [0.1, 0.15) is 11.9 Å². The smallest absolute Gasteiger partial charge is 0.321 e. The van der Waals surface area contributed by atoms with Crippen LogP contribution in [-0.4, -0.2) is 50.0 Å². The second-order valence-electron chi connectivity index (χ2n) is 5.52. The van der Waals surface area contributed by atoms with Crippen molar-refractivity contribution < 1.29 is 17.9 Å². The van der Waals surface area contributed by atoms with Gasteiger partial charge in [-0.25, -0.2) is 13.2 Å². The van der Waals surface area contributed by atoms with Crippen LogP contribution in [0.1, 0.15) is 12.5 Å². The number of urea groups is 1. The highest BCUT2D eigenvalue weighted by Crippen LogP contribution is 2.31. The molecule has 3 rings (SSSR count). The Labute approximate surface area is 124 Å². The number of hydrogen-bond donors (Lipinski definition) is 1. The minimum Gasteiger partial charge on any atom is -0.490 e. The van der Waals surface area contributed by atoms with Crippen molar-refractivity contribution in [1.82, 2.24) is 4.90 Å². The van der Waals surface area contributed by atoms with Gasteiger partial charge in [0.15, 0.2) is 9.84 Å². The monoisotopic (exact) mass is 310 g/mol. The van der Waals surface area contributed by atoms with Gasteiger partial charge in [-0.05, 0) is 30.7 Å². The molecule has 7 heteroatoms. The Morgan fingerprint density at radius 2 is 2.05 bits per heavy atom. The first-order valence-corrected chi connectivity index (χ1v) is 8.81. The number of nitrogens with one attached hydrogen (secondary N) is 1. The van der Waals surface area contributed by atoms with E-state index in [0.717, 1.165) is 17.7 Å². The molecule has 1 aromatic rings. The van der Waals surface area contributed by atoms with Gasteiger partial charge < -0.3 is 15.0 Å². The number of hydrogen-bond acceptors (Lipinski definition) is 4. The molecule has 1 fully saturated rings. The molecule has 2 aliphatic heterocycles. The number of rotatable bonds is 1. The van der Waals surface area contributed by atoms with Crippen LogP contribution in [0, 0.1) is 0 Å². The van der Waals surface area contributed by atoms with Gasteiger partial charge >= 0.3 is 6.03 Å². The molecular weight excluding hydrogens is 292 g/mol. The summed E-state index contributed by atoms with van der Waals surface area (Å²) in [6, 6.07) is 5.32. The summed E-state index contributed by atoms with van der Waals surface area (Å²) in [7, 11) is -2.97. The number of anilines is 1. The normalized spacial score (nSPS) is 23.3. The third-order valence-electron chi connectivity index (χ3n) is 3.78. The van der Waals surface area contributed by atoms with Crippen LogP contribution in [0.5, 0.6) is 5.75 Å². The maximum atomic E-state index is 12.1. The van der Waals surface area contributed by atoms with Crippen molar-refractivity contribution in [2.75, 3.05) is 29.9 Å². The standard InChI is InChI=1S/C14H18N2O4S/c1-10-8-11-9-12(2-3-13(11)20-10)15-14(17)16-4-6-21(18,19)7-5-16/h2-3,9-10H,4-8H2,1H3,(H,15,17)/t10-/m1/s1. The summed E-state index contributed by atoms with van der Waals surface area (Å²) in [5.74, 6) is 0.941. The van der Waals surface area contributed by atoms with Gasteiger partial charge in [-0.15, -0.1) is 0 Å². The molecule has 114 valence electrons. The predicted octanol–water partition coefficient (Wildman–Crippen LogP) is 1.27. The molecule has 0 saturated carbocycles. The number of fused-ring (bicyclic) bond motifs is 1. The summed E-state index contributed by atoms with van der Waals surface area (Å²) in [6.45, 7) is 2.50. The van der Waals surface area contributed by atoms with E-state index in [1.165, 1.54) is 4.90 Å². The number of sulfone groups is 1. The number of ether oxygens (including phenoxy) is 1. The van der Waals surface area contributed by atoms with Crippen molar-refractivity contribution in [2.45, 2.75) is 19.4 Å². The lowest BCUT2D eigenvalue weighted by Crippen LogP contribution is -2.45. The summed E-state index contributed by atoms with van der Waals surface area (Å²) in [5.41, 5.74) is 1.80. The zero-order valence-electron chi connectivity index (χ0n) is 11.8. The van der Waals surface area contributed by atoms with E-state index < -0.39 is 9.84 Å². The van der Waals surface area contributed by atoms with Crippen LogP contribution in [0.3, 0.4) is 0 Å². The van der Waals surface area contributed by atoms with E-state index in [-0.39, 0.29) is 36.7 Å². The van der Waals surface area contributed by atoms with Gasteiger partial charge in [0.25, 0.3) is 0 Å². The van der Waals surface area contributed by atoms with Crippen LogP contribution in [0.25, 0.3) is 0 Å². The molecular formula is C14H18N2O4S. The molecule has 21 heavy (non-hydrogen) atoms. The Kier molecular flexibility index (Phi) is 3.52. The molecule has 2 aliphatic rings. The molecule has 0 bridgehead atoms. The van der Waals surface area contributed by atoms with Crippen molar-refractivity contribution in [1.29, 1.82) is 0 Å². The average Bonchev–Trinajstić information content (AvgIpc) is 2.78. The van der Waals surface area contributed by atoms with Gasteiger partial charge in [0.2, 0.25) is 0 Å². The van der Waals surface area contributed by atoms with Crippen LogP contribution >= 0.6 is 0 Å². The van der Waals surface area contributed by atoms with Crippen LogP contribution < -0.4 is 10.1 Å². The molecule has 2 amide bonds. The van der Waals surface area contributed by atoms with E-state index in [9.17, 15) is 13.2 Å². The SMILES string of the molecule is C[C@@H]1Cc2cc(NC(=O)N3CCS(=O)(=O)CC3)ccc2O1. The van der Waals surface area contributed by atoms with E-state index in [1.54, 1.807) is 6.07 Å². The topological polar surface area (TPSA) is 75.7 Å². The van der Waals surface area contributed by atoms with Gasteiger partial charge in [-0.2, -0.15) is 0 Å². The molecule has 1 aromatic carbocycles. The van der Waals surface area contributed by atoms with Gasteiger partial charge in [0.05, 0.1) is 11.5 Å². The number of nitrogens with zero attached hydrogens (tertiary/aromatic N) is 1. The lowest BCUT2D eigenvalue weighted by molar-refractivity contribution is 0.216. The van der Waals surface area contributed by atoms with Crippen LogP contribution in [0.2, 0.25) is 0 Å². The molecule has 0 radical (unpaired) electrons. The summed E-state index contributed by atoms with van der Waals surface area (Å²) in [5, 5.41) is 2.82. The van der Waals surface area contributed by atoms with Crippen molar-refractivity contribution in [3.8, 4) is 5.75 Å². The van der Waals surface area contributed by atoms with E-state index in [1.807, 2.05) is 19.1 Å². The summed E-state index contributed by atoms with van der Waals surface area (Å²) in [6.07, 6.45) is 0.999. The van der Waals surface area contributed by atoms with Crippen molar-refractivity contribution in [3.05, 3.63) is 23.8 Å². The van der Waals surface area contributed by atoms with Crippen LogP contribution in [-0.2, 0) is 16.3 Å². The highest BCUT2D eigenvalue weighted by Gasteiger charge is 2.25. The Morgan fingerprint density at radius 3 is 2.76 bits per heavy atom. The molecule has 0 aliphatic carbocycles. The number of benzene rings is 1. The maximum Gasteiger partial charge on any atom is 0.321 e. The third-order valence-corrected chi connectivity index (χ3v) is 5.39. The molecule has 6 nitrogen and oxygen atoms in total. The second-order valence-corrected chi connectivity index (χ2v) is 7.83. The molecule has 1 N–H and O–H groups in total. The minimum atomic E-state index is -2.97. The Bertz CT molecular complexity index is 658. The van der Waals surface area contributed by atoms with E-state index in [2.05, 4.69) is 5.32 Å². The van der Waals surface area contributed by atoms with Gasteiger partial charge in [-0.1, -0.05) is 0 Å². The number of carbonyl (C=O) groups is 1. The zero-order chi connectivity index (χ0) is 15.0. The first kappa shape index (κ1) is 14.2. The minimum absolute atomic E-state index is 0.0377. The zero-order valence-corrected chi connectivity index (χ0v) is 12.6. The molecule has 0 aromatic heterocycles. The molecule has 2 heterocycles. The predicted molar refractivity (Wildman–Crippen MR) is 79.5 cm³/mol. The highest BCUT2D eigenvalue weighted by molar-refractivity contribution is 7.91. The van der Waals surface area contributed by atoms with Gasteiger partial charge in [0, 0.05) is 25.2 Å². The average molecular weight is 310 g/mol. The van der Waals surface area contributed by atoms with Gasteiger partial charge in [-0.3, -0.25) is 0 Å². The maximum absolute atomic E-state index is 12.1. The fourth-order valence-corrected chi connectivity index (χ4v) is 3.82. The first-order chi connectivity index (χ1) is 9.93. The quantitative estimate of drug-likeness (QED) is 0.847. The first-order valence-electron chi connectivity index (χ1n) is 6.99. The molecule has 1 saturated heterocycles. The lowest BCUT2D eigenvalue weighted by atomic mass is 10.1. The third kappa shape index (κ3) is 3.12. The number of carbonyl (C=O) groups excluding carboxylic acids is 1. The fourth-order valence-electron chi connectivity index (χ4n) is 2.62. The van der Waals surface area contributed by atoms with Crippen LogP contribution in [0.15, 0.2) is 18.2 Å². The van der Waals surface area contributed by atoms with Crippen molar-refractivity contribution >= 4 is 21.6 Å². The second kappa shape index (κ2) is 5.22. The van der Waals surface area contributed by atoms with Crippen LogP contribution in [0.4, 0.5) is 10.5 Å². The lowest BCUT2D eigenvalue weighted by Gasteiger charge is -2.26. The van der Waals surface area contributed by atoms with E-state index in [0.29, 0.717) is 5.69 Å². The van der Waals surface area contributed by atoms with E-state index in [4.69, 9.17) is 4.74 Å². The molecule has 1 atom stereocenters. The summed E-state index contributed by atoms with van der Waals surface area (Å²) >= 11 is 0.